The van der Waals surface area contributed by atoms with Crippen molar-refractivity contribution in [3.63, 3.8) is 0 Å². The molecule has 2 heterocycles. The third-order valence-corrected chi connectivity index (χ3v) is 6.19. The molecule has 0 saturated heterocycles. The third kappa shape index (κ3) is 4.28. The first-order valence-electron chi connectivity index (χ1n) is 9.44. The number of aromatic nitrogens is 5. The molecule has 146 valence electrons. The van der Waals surface area contributed by atoms with Crippen molar-refractivity contribution < 1.29 is 4.52 Å². The highest BCUT2D eigenvalue weighted by molar-refractivity contribution is 9.10. The lowest BCUT2D eigenvalue weighted by molar-refractivity contribution is 0.391. The number of nitrogens with zero attached hydrogens (tertiary/aromatic N) is 5. The fraction of sp³-hybridized carbons (Fsp3) is 0.238. The molecule has 1 aliphatic rings. The number of halogens is 1. The van der Waals surface area contributed by atoms with Gasteiger partial charge < -0.3 is 9.09 Å². The van der Waals surface area contributed by atoms with Crippen molar-refractivity contribution >= 4 is 27.7 Å². The predicted molar refractivity (Wildman–Crippen MR) is 115 cm³/mol. The minimum Gasteiger partial charge on any atom is -0.338 e. The Hall–Kier alpha value is -2.45. The molecule has 6 nitrogen and oxygen atoms in total. The molecule has 5 rings (SSSR count). The molecular weight excluding hydrogens is 450 g/mol. The van der Waals surface area contributed by atoms with Gasteiger partial charge in [0.2, 0.25) is 11.7 Å². The Bertz CT molecular complexity index is 1120. The number of thioether (sulfide) groups is 1. The van der Waals surface area contributed by atoms with Crippen LogP contribution in [0.15, 0.2) is 68.7 Å². The Labute approximate surface area is 180 Å². The number of hydrogen-bond donors (Lipinski definition) is 0. The van der Waals surface area contributed by atoms with Crippen molar-refractivity contribution in [2.75, 3.05) is 0 Å². The summed E-state index contributed by atoms with van der Waals surface area (Å²) in [5.41, 5.74) is 2.16. The van der Waals surface area contributed by atoms with Crippen LogP contribution in [0.3, 0.4) is 0 Å². The van der Waals surface area contributed by atoms with Gasteiger partial charge in [-0.25, -0.2) is 0 Å². The SMILES string of the molecule is Brc1cccc(-c2noc(CSc3nnc(C4CC4)n3Cc3ccccc3)n2)c1. The molecule has 1 aliphatic carbocycles. The first-order chi connectivity index (χ1) is 14.3. The molecular formula is C21H18BrN5OS. The summed E-state index contributed by atoms with van der Waals surface area (Å²) in [5, 5.41) is 13.9. The van der Waals surface area contributed by atoms with Crippen molar-refractivity contribution in [1.29, 1.82) is 0 Å². The minimum atomic E-state index is 0.534. The Kier molecular flexibility index (Phi) is 5.20. The van der Waals surface area contributed by atoms with Gasteiger partial charge in [-0.2, -0.15) is 4.98 Å². The van der Waals surface area contributed by atoms with Gasteiger partial charge in [-0.15, -0.1) is 10.2 Å². The lowest BCUT2D eigenvalue weighted by Gasteiger charge is -2.09. The lowest BCUT2D eigenvalue weighted by atomic mass is 10.2. The van der Waals surface area contributed by atoms with Crippen LogP contribution in [0.25, 0.3) is 11.4 Å². The van der Waals surface area contributed by atoms with Gasteiger partial charge in [-0.1, -0.05) is 75.3 Å². The van der Waals surface area contributed by atoms with Crippen molar-refractivity contribution in [2.45, 2.75) is 36.2 Å². The van der Waals surface area contributed by atoms with Crippen LogP contribution in [0.4, 0.5) is 0 Å². The summed E-state index contributed by atoms with van der Waals surface area (Å²) in [6.45, 7) is 0.773. The van der Waals surface area contributed by atoms with E-state index in [-0.39, 0.29) is 0 Å². The summed E-state index contributed by atoms with van der Waals surface area (Å²) in [5.74, 6) is 3.33. The first-order valence-corrected chi connectivity index (χ1v) is 11.2. The summed E-state index contributed by atoms with van der Waals surface area (Å²) in [4.78, 5) is 4.53. The van der Waals surface area contributed by atoms with Crippen molar-refractivity contribution in [2.24, 2.45) is 0 Å². The quantitative estimate of drug-likeness (QED) is 0.343. The summed E-state index contributed by atoms with van der Waals surface area (Å²) >= 11 is 5.05. The van der Waals surface area contributed by atoms with Crippen LogP contribution in [-0.4, -0.2) is 24.9 Å². The molecule has 8 heteroatoms. The van der Waals surface area contributed by atoms with Crippen molar-refractivity contribution in [1.82, 2.24) is 24.9 Å². The normalized spacial score (nSPS) is 13.7. The predicted octanol–water partition coefficient (Wildman–Crippen LogP) is 5.31. The van der Waals surface area contributed by atoms with Crippen molar-refractivity contribution in [3.05, 3.63) is 76.3 Å². The van der Waals surface area contributed by atoms with E-state index in [2.05, 4.69) is 65.1 Å². The molecule has 0 amide bonds. The molecule has 0 N–H and O–H groups in total. The van der Waals surface area contributed by atoms with Gasteiger partial charge in [0, 0.05) is 16.0 Å². The second kappa shape index (κ2) is 8.12. The average molecular weight is 468 g/mol. The van der Waals surface area contributed by atoms with Crippen LogP contribution in [0.5, 0.6) is 0 Å². The topological polar surface area (TPSA) is 69.6 Å². The van der Waals surface area contributed by atoms with E-state index in [1.165, 1.54) is 18.4 Å². The molecule has 2 aromatic heterocycles. The summed E-state index contributed by atoms with van der Waals surface area (Å²) in [7, 11) is 0. The lowest BCUT2D eigenvalue weighted by Crippen LogP contribution is -2.06. The Morgan fingerprint density at radius 3 is 2.72 bits per heavy atom. The van der Waals surface area contributed by atoms with E-state index in [1.54, 1.807) is 11.8 Å². The van der Waals surface area contributed by atoms with E-state index >= 15 is 0 Å². The molecule has 0 spiro atoms. The second-order valence-corrected chi connectivity index (χ2v) is 8.86. The zero-order chi connectivity index (χ0) is 19.6. The highest BCUT2D eigenvalue weighted by Crippen LogP contribution is 2.40. The van der Waals surface area contributed by atoms with Crippen LogP contribution >= 0.6 is 27.7 Å². The molecule has 0 radical (unpaired) electrons. The van der Waals surface area contributed by atoms with Gasteiger partial charge in [0.15, 0.2) is 5.16 Å². The highest BCUT2D eigenvalue weighted by atomic mass is 79.9. The maximum absolute atomic E-state index is 5.45. The van der Waals surface area contributed by atoms with Gasteiger partial charge in [0.05, 0.1) is 12.3 Å². The largest absolute Gasteiger partial charge is 0.338 e. The molecule has 0 unspecified atom stereocenters. The summed E-state index contributed by atoms with van der Waals surface area (Å²) < 4.78 is 8.66. The minimum absolute atomic E-state index is 0.534. The summed E-state index contributed by atoms with van der Waals surface area (Å²) in [6, 6.07) is 18.3. The number of rotatable bonds is 7. The standard InChI is InChI=1S/C21H18BrN5OS/c22-17-8-4-7-16(11-17)19-23-18(28-26-19)13-29-21-25-24-20(15-9-10-15)27(21)12-14-5-2-1-3-6-14/h1-8,11,15H,9-10,12-13H2. The van der Waals surface area contributed by atoms with E-state index in [1.807, 2.05) is 30.3 Å². The van der Waals surface area contributed by atoms with Crippen LogP contribution in [0.1, 0.15) is 36.0 Å². The van der Waals surface area contributed by atoms with Gasteiger partial charge in [-0.3, -0.25) is 0 Å². The maximum atomic E-state index is 5.45. The third-order valence-electron chi connectivity index (χ3n) is 4.75. The molecule has 0 aliphatic heterocycles. The number of hydrogen-bond acceptors (Lipinski definition) is 6. The van der Waals surface area contributed by atoms with E-state index < -0.39 is 0 Å². The molecule has 4 aromatic rings. The van der Waals surface area contributed by atoms with E-state index in [0.717, 1.165) is 27.6 Å². The van der Waals surface area contributed by atoms with E-state index in [0.29, 0.717) is 23.4 Å². The number of benzene rings is 2. The Morgan fingerprint density at radius 2 is 1.93 bits per heavy atom. The van der Waals surface area contributed by atoms with E-state index in [4.69, 9.17) is 4.52 Å². The van der Waals surface area contributed by atoms with E-state index in [9.17, 15) is 0 Å². The van der Waals surface area contributed by atoms with Crippen LogP contribution < -0.4 is 0 Å². The fourth-order valence-corrected chi connectivity index (χ4v) is 4.33. The van der Waals surface area contributed by atoms with Gasteiger partial charge in [-0.05, 0) is 30.5 Å². The van der Waals surface area contributed by atoms with Gasteiger partial charge in [0.25, 0.3) is 0 Å². The van der Waals surface area contributed by atoms with Gasteiger partial charge in [0.1, 0.15) is 5.82 Å². The first kappa shape index (κ1) is 18.6. The monoisotopic (exact) mass is 467 g/mol. The Morgan fingerprint density at radius 1 is 1.07 bits per heavy atom. The van der Waals surface area contributed by atoms with Crippen LogP contribution in [-0.2, 0) is 12.3 Å². The zero-order valence-electron chi connectivity index (χ0n) is 15.5. The zero-order valence-corrected chi connectivity index (χ0v) is 17.9. The van der Waals surface area contributed by atoms with Crippen molar-refractivity contribution in [3.8, 4) is 11.4 Å². The van der Waals surface area contributed by atoms with Crippen LogP contribution in [0.2, 0.25) is 0 Å². The smallest absolute Gasteiger partial charge is 0.237 e. The molecule has 0 atom stereocenters. The molecule has 0 bridgehead atoms. The Balaban J connectivity index is 1.33. The summed E-state index contributed by atoms with van der Waals surface area (Å²) in [6.07, 6.45) is 2.38. The van der Waals surface area contributed by atoms with Gasteiger partial charge >= 0.3 is 0 Å². The molecule has 2 aromatic carbocycles. The molecule has 1 saturated carbocycles. The van der Waals surface area contributed by atoms with Crippen LogP contribution in [0, 0.1) is 0 Å². The fourth-order valence-electron chi connectivity index (χ4n) is 3.15. The highest BCUT2D eigenvalue weighted by Gasteiger charge is 2.30. The molecule has 1 fully saturated rings. The molecule has 29 heavy (non-hydrogen) atoms. The average Bonchev–Trinajstić information content (AvgIpc) is 3.34. The second-order valence-electron chi connectivity index (χ2n) is 7.00. The maximum Gasteiger partial charge on any atom is 0.237 e.